The van der Waals surface area contributed by atoms with Crippen molar-refractivity contribution in [3.05, 3.63) is 16.1 Å². The smallest absolute Gasteiger partial charge is 0.109 e. The van der Waals surface area contributed by atoms with E-state index >= 15 is 0 Å². The summed E-state index contributed by atoms with van der Waals surface area (Å²) in [6.07, 6.45) is 5.92. The molecule has 1 fully saturated rings. The second-order valence-corrected chi connectivity index (χ2v) is 5.09. The van der Waals surface area contributed by atoms with E-state index in [1.165, 1.54) is 37.1 Å². The van der Waals surface area contributed by atoms with E-state index in [-0.39, 0.29) is 6.54 Å². The second-order valence-electron chi connectivity index (χ2n) is 4.20. The highest BCUT2D eigenvalue weighted by atomic mass is 32.1. The van der Waals surface area contributed by atoms with Gasteiger partial charge in [-0.2, -0.15) is 0 Å². The van der Waals surface area contributed by atoms with Gasteiger partial charge in [0.25, 0.3) is 0 Å². The molecule has 3 N–H and O–H groups in total. The molecule has 1 aliphatic carbocycles. The van der Waals surface area contributed by atoms with Crippen LogP contribution >= 0.6 is 11.3 Å². The van der Waals surface area contributed by atoms with Crippen molar-refractivity contribution in [2.75, 3.05) is 6.54 Å². The summed E-state index contributed by atoms with van der Waals surface area (Å²) in [5.74, 6) is 0.627. The van der Waals surface area contributed by atoms with Crippen LogP contribution < -0.4 is 5.73 Å². The molecule has 0 amide bonds. The van der Waals surface area contributed by atoms with Crippen LogP contribution in [0.2, 0.25) is 0 Å². The first kappa shape index (κ1) is 11.0. The van der Waals surface area contributed by atoms with Gasteiger partial charge in [0.1, 0.15) is 6.10 Å². The first-order valence-corrected chi connectivity index (χ1v) is 6.52. The lowest BCUT2D eigenvalue weighted by molar-refractivity contribution is 0.182. The van der Waals surface area contributed by atoms with Crippen LogP contribution in [0.3, 0.4) is 0 Å². The molecule has 0 saturated heterocycles. The summed E-state index contributed by atoms with van der Waals surface area (Å²) in [5, 5.41) is 12.7. The van der Waals surface area contributed by atoms with E-state index in [0.717, 1.165) is 5.69 Å². The number of aliphatic hydroxyl groups is 1. The number of hydrogen-bond acceptors (Lipinski definition) is 4. The molecule has 1 aromatic heterocycles. The lowest BCUT2D eigenvalue weighted by Gasteiger charge is -2.19. The highest BCUT2D eigenvalue weighted by Crippen LogP contribution is 2.34. The second kappa shape index (κ2) is 5.05. The molecule has 0 spiro atoms. The number of hydrogen-bond donors (Lipinski definition) is 2. The molecule has 0 radical (unpaired) electrons. The van der Waals surface area contributed by atoms with Crippen LogP contribution in [-0.4, -0.2) is 16.6 Å². The van der Waals surface area contributed by atoms with Crippen molar-refractivity contribution in [2.45, 2.75) is 44.1 Å². The zero-order valence-corrected chi connectivity index (χ0v) is 9.67. The van der Waals surface area contributed by atoms with Crippen molar-refractivity contribution in [1.29, 1.82) is 0 Å². The lowest BCUT2D eigenvalue weighted by atomic mass is 9.90. The van der Waals surface area contributed by atoms with Gasteiger partial charge < -0.3 is 10.8 Å². The number of thiazole rings is 1. The summed E-state index contributed by atoms with van der Waals surface area (Å²) in [6.45, 7) is 0.258. The predicted octanol–water partition coefficient (Wildman–Crippen LogP) is 2.18. The Hall–Kier alpha value is -0.450. The van der Waals surface area contributed by atoms with Crippen LogP contribution in [0.4, 0.5) is 0 Å². The molecular formula is C11H18N2OS. The van der Waals surface area contributed by atoms with Crippen molar-refractivity contribution >= 4 is 11.3 Å². The fraction of sp³-hybridized carbons (Fsp3) is 0.727. The average molecular weight is 226 g/mol. The van der Waals surface area contributed by atoms with E-state index in [9.17, 15) is 5.11 Å². The van der Waals surface area contributed by atoms with Crippen molar-refractivity contribution in [3.8, 4) is 0 Å². The Morgan fingerprint density at radius 2 is 2.20 bits per heavy atom. The Morgan fingerprint density at radius 1 is 1.47 bits per heavy atom. The molecule has 1 saturated carbocycles. The maximum absolute atomic E-state index is 9.56. The molecule has 1 unspecified atom stereocenters. The summed E-state index contributed by atoms with van der Waals surface area (Å²) in [6, 6.07) is 0. The summed E-state index contributed by atoms with van der Waals surface area (Å²) in [4.78, 5) is 4.49. The zero-order chi connectivity index (χ0) is 10.7. The molecule has 2 rings (SSSR count). The fourth-order valence-electron chi connectivity index (χ4n) is 2.11. The van der Waals surface area contributed by atoms with Crippen molar-refractivity contribution < 1.29 is 5.11 Å². The SMILES string of the molecule is NCC(O)c1csc(C2CCCCC2)n1. The van der Waals surface area contributed by atoms with Crippen molar-refractivity contribution in [1.82, 2.24) is 4.98 Å². The summed E-state index contributed by atoms with van der Waals surface area (Å²) >= 11 is 1.67. The number of nitrogens with zero attached hydrogens (tertiary/aromatic N) is 1. The Labute approximate surface area is 94.3 Å². The van der Waals surface area contributed by atoms with E-state index in [1.807, 2.05) is 5.38 Å². The normalized spacial score (nSPS) is 20.4. The Kier molecular flexibility index (Phi) is 3.72. The number of aromatic nitrogens is 1. The molecule has 15 heavy (non-hydrogen) atoms. The number of aliphatic hydroxyl groups excluding tert-OH is 1. The molecule has 84 valence electrons. The fourth-order valence-corrected chi connectivity index (χ4v) is 3.15. The van der Waals surface area contributed by atoms with Gasteiger partial charge in [-0.25, -0.2) is 4.98 Å². The molecule has 0 bridgehead atoms. The van der Waals surface area contributed by atoms with Gasteiger partial charge in [-0.05, 0) is 12.8 Å². The minimum atomic E-state index is -0.585. The summed E-state index contributed by atoms with van der Waals surface area (Å²) < 4.78 is 0. The quantitative estimate of drug-likeness (QED) is 0.830. The monoisotopic (exact) mass is 226 g/mol. The van der Waals surface area contributed by atoms with Gasteiger partial charge in [0, 0.05) is 17.8 Å². The summed E-state index contributed by atoms with van der Waals surface area (Å²) in [5.41, 5.74) is 6.16. The molecule has 3 nitrogen and oxygen atoms in total. The highest BCUT2D eigenvalue weighted by Gasteiger charge is 2.19. The Bertz CT molecular complexity index is 307. The first-order chi connectivity index (χ1) is 7.31. The molecule has 1 aromatic rings. The van der Waals surface area contributed by atoms with Gasteiger partial charge in [-0.15, -0.1) is 11.3 Å². The van der Waals surface area contributed by atoms with Crippen LogP contribution in [0.25, 0.3) is 0 Å². The van der Waals surface area contributed by atoms with E-state index < -0.39 is 6.10 Å². The average Bonchev–Trinajstić information content (AvgIpc) is 2.78. The number of rotatable bonds is 3. The van der Waals surface area contributed by atoms with E-state index in [2.05, 4.69) is 4.98 Å². The predicted molar refractivity (Wildman–Crippen MR) is 62.0 cm³/mol. The van der Waals surface area contributed by atoms with Crippen molar-refractivity contribution in [3.63, 3.8) is 0 Å². The van der Waals surface area contributed by atoms with Gasteiger partial charge in [-0.3, -0.25) is 0 Å². The van der Waals surface area contributed by atoms with Gasteiger partial charge >= 0.3 is 0 Å². The van der Waals surface area contributed by atoms with E-state index in [1.54, 1.807) is 11.3 Å². The van der Waals surface area contributed by atoms with Crippen LogP contribution in [0, 0.1) is 0 Å². The van der Waals surface area contributed by atoms with Crippen molar-refractivity contribution in [2.24, 2.45) is 5.73 Å². The molecule has 1 aliphatic rings. The third kappa shape index (κ3) is 2.56. The maximum atomic E-state index is 9.56. The molecule has 1 heterocycles. The van der Waals surface area contributed by atoms with Gasteiger partial charge in [0.2, 0.25) is 0 Å². The van der Waals surface area contributed by atoms with Crippen LogP contribution in [-0.2, 0) is 0 Å². The minimum absolute atomic E-state index is 0.258. The van der Waals surface area contributed by atoms with Gasteiger partial charge in [0.15, 0.2) is 0 Å². The van der Waals surface area contributed by atoms with Crippen LogP contribution in [0.15, 0.2) is 5.38 Å². The van der Waals surface area contributed by atoms with Crippen LogP contribution in [0.5, 0.6) is 0 Å². The first-order valence-electron chi connectivity index (χ1n) is 5.64. The molecule has 4 heteroatoms. The highest BCUT2D eigenvalue weighted by molar-refractivity contribution is 7.09. The zero-order valence-electron chi connectivity index (χ0n) is 8.85. The van der Waals surface area contributed by atoms with Crippen LogP contribution in [0.1, 0.15) is 54.8 Å². The third-order valence-corrected chi connectivity index (χ3v) is 4.08. The largest absolute Gasteiger partial charge is 0.385 e. The standard InChI is InChI=1S/C11H18N2OS/c12-6-10(14)9-7-15-11(13-9)8-4-2-1-3-5-8/h7-8,10,14H,1-6,12H2. The van der Waals surface area contributed by atoms with Gasteiger partial charge in [0.05, 0.1) is 10.7 Å². The molecular weight excluding hydrogens is 208 g/mol. The maximum Gasteiger partial charge on any atom is 0.109 e. The Balaban J connectivity index is 2.05. The topological polar surface area (TPSA) is 59.1 Å². The van der Waals surface area contributed by atoms with E-state index in [4.69, 9.17) is 5.73 Å². The van der Waals surface area contributed by atoms with E-state index in [0.29, 0.717) is 5.92 Å². The molecule has 0 aliphatic heterocycles. The lowest BCUT2D eigenvalue weighted by Crippen LogP contribution is -2.12. The Morgan fingerprint density at radius 3 is 2.87 bits per heavy atom. The molecule has 1 atom stereocenters. The molecule has 0 aromatic carbocycles. The van der Waals surface area contributed by atoms with Gasteiger partial charge in [-0.1, -0.05) is 19.3 Å². The number of nitrogens with two attached hydrogens (primary N) is 1. The minimum Gasteiger partial charge on any atom is -0.385 e. The summed E-state index contributed by atoms with van der Waals surface area (Å²) in [7, 11) is 0. The third-order valence-electron chi connectivity index (χ3n) is 3.06.